The maximum absolute atomic E-state index is 4.50. The third-order valence-electron chi connectivity index (χ3n) is 4.26. The molecule has 1 rings (SSSR count). The minimum Gasteiger partial charge on any atom is -0.662 e. The average molecular weight is 282 g/mol. The summed E-state index contributed by atoms with van der Waals surface area (Å²) >= 11 is 0. The minimum atomic E-state index is 0. The number of rotatable bonds is 0. The van der Waals surface area contributed by atoms with Crippen molar-refractivity contribution in [3.05, 3.63) is 5.32 Å². The molecular weight excluding hydrogens is 256 g/mol. The van der Waals surface area contributed by atoms with Gasteiger partial charge in [-0.25, -0.2) is 0 Å². The molecule has 0 aromatic carbocycles. The van der Waals surface area contributed by atoms with E-state index in [1.54, 1.807) is 0 Å². The molecule has 0 spiro atoms. The first kappa shape index (κ1) is 16.8. The van der Waals surface area contributed by atoms with Gasteiger partial charge in [0.05, 0.1) is 0 Å². The zero-order chi connectivity index (χ0) is 11.0. The van der Waals surface area contributed by atoms with Crippen molar-refractivity contribution >= 4 is 0 Å². The molecule has 0 radical (unpaired) electrons. The van der Waals surface area contributed by atoms with Crippen molar-refractivity contribution in [1.82, 2.24) is 0 Å². The summed E-state index contributed by atoms with van der Waals surface area (Å²) in [6.45, 7) is 16.5. The first-order valence-electron chi connectivity index (χ1n) is 5.84. The van der Waals surface area contributed by atoms with E-state index in [4.69, 9.17) is 0 Å². The molecule has 15 heavy (non-hydrogen) atoms. The fourth-order valence-electron chi connectivity index (χ4n) is 3.40. The molecular formula is C13H26NRb. The summed E-state index contributed by atoms with van der Waals surface area (Å²) < 4.78 is 0. The first-order chi connectivity index (χ1) is 6.21. The van der Waals surface area contributed by atoms with Crippen molar-refractivity contribution in [3.63, 3.8) is 0 Å². The molecule has 0 amide bonds. The zero-order valence-electron chi connectivity index (χ0n) is 11.8. The van der Waals surface area contributed by atoms with Gasteiger partial charge < -0.3 is 5.32 Å². The smallest absolute Gasteiger partial charge is 0.662 e. The molecule has 1 nitrogen and oxygen atoms in total. The number of hydrogen-bond acceptors (Lipinski definition) is 0. The Morgan fingerprint density at radius 3 is 1.33 bits per heavy atom. The number of nitrogens with zero attached hydrogens (tertiary/aromatic N) is 1. The van der Waals surface area contributed by atoms with Crippen molar-refractivity contribution in [1.29, 1.82) is 0 Å². The summed E-state index contributed by atoms with van der Waals surface area (Å²) in [4.78, 5) is 0. The van der Waals surface area contributed by atoms with Crippen LogP contribution in [0.3, 0.4) is 0 Å². The van der Waals surface area contributed by atoms with Gasteiger partial charge in [-0.1, -0.05) is 54.4 Å². The summed E-state index contributed by atoms with van der Waals surface area (Å²) in [5, 5.41) is 4.50. The standard InChI is InChI=1S/C13H26N.Rb/c1-11(2,3)13(12(4,5)6)7-9-14-10-8-13;/h7-10H2,1-6H3;/q-1;+1. The van der Waals surface area contributed by atoms with E-state index in [1.807, 2.05) is 0 Å². The van der Waals surface area contributed by atoms with E-state index >= 15 is 0 Å². The van der Waals surface area contributed by atoms with Crippen LogP contribution in [0.25, 0.3) is 5.32 Å². The summed E-state index contributed by atoms with van der Waals surface area (Å²) in [6, 6.07) is 0. The van der Waals surface area contributed by atoms with Crippen LogP contribution in [-0.4, -0.2) is 13.1 Å². The Bertz CT molecular complexity index is 176. The monoisotopic (exact) mass is 281 g/mol. The third kappa shape index (κ3) is 3.37. The molecule has 0 aromatic heterocycles. The molecule has 0 aromatic rings. The average Bonchev–Trinajstić information content (AvgIpc) is 2.02. The number of piperidine rings is 1. The molecule has 0 aliphatic carbocycles. The van der Waals surface area contributed by atoms with Crippen LogP contribution in [0.2, 0.25) is 0 Å². The van der Waals surface area contributed by atoms with E-state index in [2.05, 4.69) is 46.9 Å². The van der Waals surface area contributed by atoms with Gasteiger partial charge in [0.25, 0.3) is 0 Å². The second-order valence-corrected chi connectivity index (χ2v) is 6.75. The van der Waals surface area contributed by atoms with Crippen LogP contribution >= 0.6 is 0 Å². The Labute approximate surface area is 145 Å². The summed E-state index contributed by atoms with van der Waals surface area (Å²) in [5.41, 5.74) is 1.24. The SMILES string of the molecule is CC(C)(C)C1(C(C)(C)C)CC[N-]CC1.[Rb+]. The van der Waals surface area contributed by atoms with Gasteiger partial charge in [0.2, 0.25) is 0 Å². The Kier molecular flexibility index (Phi) is 6.26. The Balaban J connectivity index is 0.00000196. The van der Waals surface area contributed by atoms with E-state index in [9.17, 15) is 0 Å². The molecule has 1 heterocycles. The second-order valence-electron chi connectivity index (χ2n) is 6.75. The molecule has 0 unspecified atom stereocenters. The fraction of sp³-hybridized carbons (Fsp3) is 1.00. The van der Waals surface area contributed by atoms with Crippen LogP contribution < -0.4 is 58.2 Å². The Morgan fingerprint density at radius 1 is 0.800 bits per heavy atom. The van der Waals surface area contributed by atoms with E-state index in [1.165, 1.54) is 12.8 Å². The van der Waals surface area contributed by atoms with Crippen molar-refractivity contribution < 1.29 is 58.2 Å². The predicted molar refractivity (Wildman–Crippen MR) is 63.7 cm³/mol. The van der Waals surface area contributed by atoms with Gasteiger partial charge >= 0.3 is 58.2 Å². The van der Waals surface area contributed by atoms with Gasteiger partial charge in [-0.05, 0) is 16.2 Å². The van der Waals surface area contributed by atoms with Crippen LogP contribution in [0.4, 0.5) is 0 Å². The maximum Gasteiger partial charge on any atom is 1.00 e. The van der Waals surface area contributed by atoms with Crippen molar-refractivity contribution in [2.24, 2.45) is 16.2 Å². The largest absolute Gasteiger partial charge is 1.00 e. The predicted octanol–water partition coefficient (Wildman–Crippen LogP) is 1.24. The summed E-state index contributed by atoms with van der Waals surface area (Å²) in [5.74, 6) is 0. The van der Waals surface area contributed by atoms with E-state index < -0.39 is 0 Å². The van der Waals surface area contributed by atoms with Gasteiger partial charge in [-0.15, -0.1) is 13.1 Å². The normalized spacial score (nSPS) is 22.0. The molecule has 0 atom stereocenters. The van der Waals surface area contributed by atoms with Crippen LogP contribution in [-0.2, 0) is 0 Å². The first-order valence-corrected chi connectivity index (χ1v) is 5.84. The van der Waals surface area contributed by atoms with Crippen LogP contribution in [0, 0.1) is 16.2 Å². The fourth-order valence-corrected chi connectivity index (χ4v) is 3.40. The maximum atomic E-state index is 4.50. The van der Waals surface area contributed by atoms with Crippen molar-refractivity contribution in [3.8, 4) is 0 Å². The molecule has 1 aliphatic heterocycles. The molecule has 2 heteroatoms. The van der Waals surface area contributed by atoms with E-state index in [-0.39, 0.29) is 58.2 Å². The van der Waals surface area contributed by atoms with Crippen LogP contribution in [0.15, 0.2) is 0 Å². The molecule has 0 bridgehead atoms. The van der Waals surface area contributed by atoms with Crippen LogP contribution in [0.1, 0.15) is 54.4 Å². The number of hydrogen-bond donors (Lipinski definition) is 0. The van der Waals surface area contributed by atoms with Gasteiger partial charge in [0.15, 0.2) is 0 Å². The zero-order valence-corrected chi connectivity index (χ0v) is 16.7. The van der Waals surface area contributed by atoms with Gasteiger partial charge in [-0.2, -0.15) is 0 Å². The van der Waals surface area contributed by atoms with Crippen molar-refractivity contribution in [2.75, 3.05) is 13.1 Å². The molecule has 0 N–H and O–H groups in total. The molecule has 1 saturated heterocycles. The summed E-state index contributed by atoms with van der Waals surface area (Å²) in [7, 11) is 0. The Morgan fingerprint density at radius 2 is 1.13 bits per heavy atom. The third-order valence-corrected chi connectivity index (χ3v) is 4.26. The molecule has 84 valence electrons. The van der Waals surface area contributed by atoms with Gasteiger partial charge in [0, 0.05) is 0 Å². The molecule has 1 aliphatic rings. The molecule has 0 saturated carbocycles. The quantitative estimate of drug-likeness (QED) is 0.634. The van der Waals surface area contributed by atoms with Gasteiger partial charge in [-0.3, -0.25) is 0 Å². The topological polar surface area (TPSA) is 14.1 Å². The van der Waals surface area contributed by atoms with Crippen LogP contribution in [0.5, 0.6) is 0 Å². The second kappa shape index (κ2) is 5.60. The molecule has 1 fully saturated rings. The van der Waals surface area contributed by atoms with E-state index in [0.717, 1.165) is 13.1 Å². The minimum absolute atomic E-state index is 0. The van der Waals surface area contributed by atoms with E-state index in [0.29, 0.717) is 16.2 Å². The van der Waals surface area contributed by atoms with Gasteiger partial charge in [0.1, 0.15) is 0 Å². The van der Waals surface area contributed by atoms with Crippen molar-refractivity contribution in [2.45, 2.75) is 54.4 Å². The Hall–Kier alpha value is 1.77. The summed E-state index contributed by atoms with van der Waals surface area (Å²) in [6.07, 6.45) is 2.53.